The van der Waals surface area contributed by atoms with Crippen molar-refractivity contribution in [3.8, 4) is 0 Å². The van der Waals surface area contributed by atoms with Crippen LogP contribution in [0.25, 0.3) is 0 Å². The van der Waals surface area contributed by atoms with Crippen LogP contribution in [0.2, 0.25) is 0 Å². The maximum atomic E-state index is 5.40. The Labute approximate surface area is 112 Å². The van der Waals surface area contributed by atoms with Crippen molar-refractivity contribution in [3.63, 3.8) is 0 Å². The maximum Gasteiger partial charge on any atom is 0.0595 e. The SMILES string of the molecule is CCOCCCNCC(C)N1CCC(OC)CC1. The van der Waals surface area contributed by atoms with E-state index in [-0.39, 0.29) is 0 Å². The Kier molecular flexibility index (Phi) is 8.59. The summed E-state index contributed by atoms with van der Waals surface area (Å²) < 4.78 is 10.7. The molecular weight excluding hydrogens is 228 g/mol. The predicted octanol–water partition coefficient (Wildman–Crippen LogP) is 1.50. The van der Waals surface area contributed by atoms with E-state index in [1.54, 1.807) is 0 Å². The van der Waals surface area contributed by atoms with Crippen molar-refractivity contribution in [1.82, 2.24) is 10.2 Å². The van der Waals surface area contributed by atoms with E-state index < -0.39 is 0 Å². The van der Waals surface area contributed by atoms with E-state index in [0.29, 0.717) is 12.1 Å². The molecule has 1 heterocycles. The van der Waals surface area contributed by atoms with Gasteiger partial charge in [0.1, 0.15) is 0 Å². The van der Waals surface area contributed by atoms with E-state index in [4.69, 9.17) is 9.47 Å². The van der Waals surface area contributed by atoms with Gasteiger partial charge in [0.15, 0.2) is 0 Å². The van der Waals surface area contributed by atoms with Gasteiger partial charge in [0.2, 0.25) is 0 Å². The van der Waals surface area contributed by atoms with Gasteiger partial charge in [-0.25, -0.2) is 0 Å². The van der Waals surface area contributed by atoms with Gasteiger partial charge in [0, 0.05) is 46.0 Å². The maximum absolute atomic E-state index is 5.40. The average Bonchev–Trinajstić information content (AvgIpc) is 2.42. The van der Waals surface area contributed by atoms with Crippen molar-refractivity contribution in [1.29, 1.82) is 0 Å². The minimum atomic E-state index is 0.479. The fourth-order valence-corrected chi connectivity index (χ4v) is 2.44. The second-order valence-electron chi connectivity index (χ2n) is 5.07. The van der Waals surface area contributed by atoms with Crippen molar-refractivity contribution < 1.29 is 9.47 Å². The summed E-state index contributed by atoms with van der Waals surface area (Å²) in [5, 5.41) is 3.51. The summed E-state index contributed by atoms with van der Waals surface area (Å²) in [7, 11) is 1.82. The van der Waals surface area contributed by atoms with E-state index in [2.05, 4.69) is 17.1 Å². The summed E-state index contributed by atoms with van der Waals surface area (Å²) in [6.07, 6.45) is 3.93. The first-order valence-corrected chi connectivity index (χ1v) is 7.33. The molecule has 1 unspecified atom stereocenters. The van der Waals surface area contributed by atoms with E-state index in [0.717, 1.165) is 32.7 Å². The van der Waals surface area contributed by atoms with Gasteiger partial charge in [-0.15, -0.1) is 0 Å². The first-order valence-electron chi connectivity index (χ1n) is 7.33. The zero-order chi connectivity index (χ0) is 13.2. The molecule has 4 nitrogen and oxygen atoms in total. The van der Waals surface area contributed by atoms with Crippen LogP contribution in [0.5, 0.6) is 0 Å². The van der Waals surface area contributed by atoms with Gasteiger partial charge in [0.25, 0.3) is 0 Å². The summed E-state index contributed by atoms with van der Waals surface area (Å²) >= 11 is 0. The second-order valence-corrected chi connectivity index (χ2v) is 5.07. The van der Waals surface area contributed by atoms with Crippen LogP contribution >= 0.6 is 0 Å². The van der Waals surface area contributed by atoms with Crippen LogP contribution in [0.3, 0.4) is 0 Å². The molecule has 0 saturated carbocycles. The monoisotopic (exact) mass is 258 g/mol. The summed E-state index contributed by atoms with van der Waals surface area (Å²) in [4.78, 5) is 2.56. The lowest BCUT2D eigenvalue weighted by molar-refractivity contribution is 0.0297. The molecule has 1 fully saturated rings. The molecule has 1 N–H and O–H groups in total. The van der Waals surface area contributed by atoms with Crippen LogP contribution in [-0.4, -0.2) is 63.5 Å². The number of piperidine rings is 1. The molecule has 18 heavy (non-hydrogen) atoms. The van der Waals surface area contributed by atoms with Crippen molar-refractivity contribution in [2.45, 2.75) is 45.3 Å². The zero-order valence-corrected chi connectivity index (χ0v) is 12.3. The van der Waals surface area contributed by atoms with Gasteiger partial charge < -0.3 is 14.8 Å². The number of ether oxygens (including phenoxy) is 2. The highest BCUT2D eigenvalue weighted by Crippen LogP contribution is 2.14. The van der Waals surface area contributed by atoms with Gasteiger partial charge in [-0.3, -0.25) is 4.90 Å². The topological polar surface area (TPSA) is 33.7 Å². The average molecular weight is 258 g/mol. The van der Waals surface area contributed by atoms with E-state index in [1.807, 2.05) is 14.0 Å². The summed E-state index contributed by atoms with van der Waals surface area (Å²) in [5.41, 5.74) is 0. The third kappa shape index (κ3) is 6.14. The first kappa shape index (κ1) is 15.9. The van der Waals surface area contributed by atoms with Crippen molar-refractivity contribution in [2.24, 2.45) is 0 Å². The highest BCUT2D eigenvalue weighted by Gasteiger charge is 2.21. The molecule has 108 valence electrons. The van der Waals surface area contributed by atoms with Crippen LogP contribution in [0, 0.1) is 0 Å². The number of nitrogens with zero attached hydrogens (tertiary/aromatic N) is 1. The molecule has 0 bridgehead atoms. The molecule has 0 amide bonds. The Morgan fingerprint density at radius 2 is 2.06 bits per heavy atom. The molecule has 1 aliphatic rings. The zero-order valence-electron chi connectivity index (χ0n) is 12.3. The lowest BCUT2D eigenvalue weighted by atomic mass is 10.1. The quantitative estimate of drug-likeness (QED) is 0.636. The smallest absolute Gasteiger partial charge is 0.0595 e. The number of rotatable bonds is 9. The Morgan fingerprint density at radius 3 is 2.67 bits per heavy atom. The highest BCUT2D eigenvalue weighted by atomic mass is 16.5. The summed E-state index contributed by atoms with van der Waals surface area (Å²) in [6, 6.07) is 0.620. The van der Waals surface area contributed by atoms with Crippen LogP contribution in [0.1, 0.15) is 33.1 Å². The molecule has 0 aromatic heterocycles. The third-order valence-corrected chi connectivity index (χ3v) is 3.72. The lowest BCUT2D eigenvalue weighted by Gasteiger charge is -2.35. The number of hydrogen-bond donors (Lipinski definition) is 1. The Balaban J connectivity index is 2.01. The Morgan fingerprint density at radius 1 is 1.33 bits per heavy atom. The Bertz CT molecular complexity index is 194. The fraction of sp³-hybridized carbons (Fsp3) is 1.00. The third-order valence-electron chi connectivity index (χ3n) is 3.72. The molecule has 1 rings (SSSR count). The fourth-order valence-electron chi connectivity index (χ4n) is 2.44. The van der Waals surface area contributed by atoms with Crippen molar-refractivity contribution in [3.05, 3.63) is 0 Å². The largest absolute Gasteiger partial charge is 0.382 e. The highest BCUT2D eigenvalue weighted by molar-refractivity contribution is 4.77. The molecule has 0 aliphatic carbocycles. The molecule has 1 atom stereocenters. The van der Waals surface area contributed by atoms with Crippen LogP contribution in [0.4, 0.5) is 0 Å². The molecular formula is C14H30N2O2. The van der Waals surface area contributed by atoms with E-state index in [1.165, 1.54) is 25.9 Å². The minimum Gasteiger partial charge on any atom is -0.382 e. The van der Waals surface area contributed by atoms with E-state index >= 15 is 0 Å². The molecule has 0 aromatic carbocycles. The Hall–Kier alpha value is -0.160. The van der Waals surface area contributed by atoms with Crippen LogP contribution < -0.4 is 5.32 Å². The van der Waals surface area contributed by atoms with Crippen molar-refractivity contribution >= 4 is 0 Å². The van der Waals surface area contributed by atoms with Crippen LogP contribution in [-0.2, 0) is 9.47 Å². The van der Waals surface area contributed by atoms with Gasteiger partial charge in [-0.05, 0) is 39.7 Å². The predicted molar refractivity (Wildman–Crippen MR) is 75.0 cm³/mol. The molecule has 0 radical (unpaired) electrons. The standard InChI is InChI=1S/C14H30N2O2/c1-4-18-11-5-8-15-12-13(2)16-9-6-14(17-3)7-10-16/h13-15H,4-12H2,1-3H3. The molecule has 1 aliphatic heterocycles. The van der Waals surface area contributed by atoms with Gasteiger partial charge in [-0.1, -0.05) is 0 Å². The number of methoxy groups -OCH3 is 1. The lowest BCUT2D eigenvalue weighted by Crippen LogP contribution is -2.46. The number of likely N-dealkylation sites (tertiary alicyclic amines) is 1. The number of hydrogen-bond acceptors (Lipinski definition) is 4. The minimum absolute atomic E-state index is 0.479. The number of nitrogens with one attached hydrogen (secondary N) is 1. The normalized spacial score (nSPS) is 20.2. The van der Waals surface area contributed by atoms with Gasteiger partial charge in [0.05, 0.1) is 6.10 Å². The molecule has 1 saturated heterocycles. The first-order chi connectivity index (χ1) is 8.77. The summed E-state index contributed by atoms with van der Waals surface area (Å²) in [5.74, 6) is 0. The second kappa shape index (κ2) is 9.73. The summed E-state index contributed by atoms with van der Waals surface area (Å²) in [6.45, 7) is 10.5. The van der Waals surface area contributed by atoms with Gasteiger partial charge >= 0.3 is 0 Å². The van der Waals surface area contributed by atoms with Crippen molar-refractivity contribution in [2.75, 3.05) is 46.5 Å². The molecule has 4 heteroatoms. The molecule has 0 spiro atoms. The van der Waals surface area contributed by atoms with E-state index in [9.17, 15) is 0 Å². The van der Waals surface area contributed by atoms with Gasteiger partial charge in [-0.2, -0.15) is 0 Å². The molecule has 0 aromatic rings. The van der Waals surface area contributed by atoms with Crippen LogP contribution in [0.15, 0.2) is 0 Å².